The molecule has 4 aromatic rings. The molecule has 0 aliphatic carbocycles. The van der Waals surface area contributed by atoms with Gasteiger partial charge in [-0.15, -0.1) is 0 Å². The summed E-state index contributed by atoms with van der Waals surface area (Å²) in [5, 5.41) is 4.53. The second-order valence-electron chi connectivity index (χ2n) is 6.39. The molecule has 2 aromatic heterocycles. The van der Waals surface area contributed by atoms with Gasteiger partial charge in [-0.2, -0.15) is 5.10 Å². The first-order valence-electron chi connectivity index (χ1n) is 8.32. The van der Waals surface area contributed by atoms with Crippen LogP contribution in [-0.4, -0.2) is 14.2 Å². The summed E-state index contributed by atoms with van der Waals surface area (Å²) in [6, 6.07) is 18.1. The van der Waals surface area contributed by atoms with Gasteiger partial charge in [-0.25, -0.2) is 4.52 Å². The summed E-state index contributed by atoms with van der Waals surface area (Å²) in [6.07, 6.45) is 3.65. The van der Waals surface area contributed by atoms with Gasteiger partial charge in [0, 0.05) is 18.0 Å². The number of fused-ring (bicyclic) bond motifs is 1. The molecule has 124 valence electrons. The second-order valence-corrected chi connectivity index (χ2v) is 6.39. The zero-order chi connectivity index (χ0) is 17.4. The van der Waals surface area contributed by atoms with Crippen molar-refractivity contribution in [3.05, 3.63) is 94.0 Å². The van der Waals surface area contributed by atoms with E-state index in [0.717, 1.165) is 16.8 Å². The predicted molar refractivity (Wildman–Crippen MR) is 99.9 cm³/mol. The van der Waals surface area contributed by atoms with E-state index in [2.05, 4.69) is 37.1 Å². The molecule has 2 heterocycles. The number of hydrogen-bond donors (Lipinski definition) is 0. The molecule has 4 rings (SSSR count). The Labute approximate surface area is 146 Å². The standard InChI is InChI=1S/C21H19N3O/c1-15-8-9-16(2)18(12-15)14-23-10-11-24-20(21(23)25)13-19(22-24)17-6-4-3-5-7-17/h3-13H,14H2,1-2H3. The summed E-state index contributed by atoms with van der Waals surface area (Å²) < 4.78 is 3.40. The van der Waals surface area contributed by atoms with Gasteiger partial charge in [-0.3, -0.25) is 4.79 Å². The molecule has 4 heteroatoms. The first kappa shape index (κ1) is 15.4. The lowest BCUT2D eigenvalue weighted by molar-refractivity contribution is 0.739. The van der Waals surface area contributed by atoms with Gasteiger partial charge in [0.05, 0.1) is 12.2 Å². The van der Waals surface area contributed by atoms with Gasteiger partial charge in [-0.1, -0.05) is 54.1 Å². The van der Waals surface area contributed by atoms with Crippen LogP contribution in [0, 0.1) is 13.8 Å². The number of benzene rings is 2. The molecule has 0 spiro atoms. The summed E-state index contributed by atoms with van der Waals surface area (Å²) in [6.45, 7) is 4.71. The van der Waals surface area contributed by atoms with Crippen molar-refractivity contribution in [2.75, 3.05) is 0 Å². The van der Waals surface area contributed by atoms with Crippen LogP contribution in [0.5, 0.6) is 0 Å². The highest BCUT2D eigenvalue weighted by atomic mass is 16.1. The Morgan fingerprint density at radius 1 is 0.960 bits per heavy atom. The van der Waals surface area contributed by atoms with Gasteiger partial charge >= 0.3 is 0 Å². The van der Waals surface area contributed by atoms with Crippen LogP contribution in [-0.2, 0) is 6.54 Å². The SMILES string of the molecule is Cc1ccc(C)c(Cn2ccn3nc(-c4ccccc4)cc3c2=O)c1. The minimum absolute atomic E-state index is 0.0295. The Balaban J connectivity index is 1.78. The number of aromatic nitrogens is 3. The summed E-state index contributed by atoms with van der Waals surface area (Å²) >= 11 is 0. The minimum atomic E-state index is -0.0295. The monoisotopic (exact) mass is 329 g/mol. The number of hydrogen-bond acceptors (Lipinski definition) is 2. The third kappa shape index (κ3) is 2.87. The molecule has 0 unspecified atom stereocenters. The van der Waals surface area contributed by atoms with Crippen LogP contribution in [0.25, 0.3) is 16.8 Å². The number of rotatable bonds is 3. The van der Waals surface area contributed by atoms with Crippen LogP contribution in [0.4, 0.5) is 0 Å². The highest BCUT2D eigenvalue weighted by molar-refractivity contribution is 5.65. The molecule has 0 N–H and O–H groups in total. The Bertz CT molecular complexity index is 1110. The molecule has 0 fully saturated rings. The zero-order valence-corrected chi connectivity index (χ0v) is 14.3. The predicted octanol–water partition coefficient (Wildman–Crippen LogP) is 3.83. The molecule has 4 nitrogen and oxygen atoms in total. The Morgan fingerprint density at radius 2 is 1.76 bits per heavy atom. The molecule has 0 bridgehead atoms. The molecule has 0 saturated carbocycles. The lowest BCUT2D eigenvalue weighted by atomic mass is 10.1. The maximum absolute atomic E-state index is 12.9. The van der Waals surface area contributed by atoms with Crippen LogP contribution < -0.4 is 5.56 Å². The fraction of sp³-hybridized carbons (Fsp3) is 0.143. The van der Waals surface area contributed by atoms with E-state index in [0.29, 0.717) is 12.1 Å². The molecule has 0 amide bonds. The summed E-state index contributed by atoms with van der Waals surface area (Å²) in [5.41, 5.74) is 5.93. The van der Waals surface area contributed by atoms with Crippen molar-refractivity contribution in [3.63, 3.8) is 0 Å². The molecule has 25 heavy (non-hydrogen) atoms. The minimum Gasteiger partial charge on any atom is -0.308 e. The van der Waals surface area contributed by atoms with Crippen LogP contribution in [0.3, 0.4) is 0 Å². The fourth-order valence-electron chi connectivity index (χ4n) is 3.05. The smallest absolute Gasteiger partial charge is 0.276 e. The lowest BCUT2D eigenvalue weighted by Gasteiger charge is -2.10. The van der Waals surface area contributed by atoms with Crippen LogP contribution in [0.1, 0.15) is 16.7 Å². The van der Waals surface area contributed by atoms with Crippen molar-refractivity contribution < 1.29 is 0 Å². The molecule has 0 aliphatic rings. The van der Waals surface area contributed by atoms with E-state index in [1.807, 2.05) is 42.6 Å². The summed E-state index contributed by atoms with van der Waals surface area (Å²) in [7, 11) is 0. The average molecular weight is 329 g/mol. The first-order chi connectivity index (χ1) is 12.1. The molecule has 2 aromatic carbocycles. The van der Waals surface area contributed by atoms with Gasteiger partial charge < -0.3 is 4.57 Å². The second kappa shape index (κ2) is 6.06. The largest absolute Gasteiger partial charge is 0.308 e. The normalized spacial score (nSPS) is 11.1. The van der Waals surface area contributed by atoms with Crippen molar-refractivity contribution in [2.45, 2.75) is 20.4 Å². The van der Waals surface area contributed by atoms with Gasteiger partial charge in [0.2, 0.25) is 0 Å². The van der Waals surface area contributed by atoms with Crippen molar-refractivity contribution in [3.8, 4) is 11.3 Å². The quantitative estimate of drug-likeness (QED) is 0.573. The highest BCUT2D eigenvalue weighted by Gasteiger charge is 2.10. The molecular weight excluding hydrogens is 310 g/mol. The third-order valence-electron chi connectivity index (χ3n) is 4.52. The number of nitrogens with zero attached hydrogens (tertiary/aromatic N) is 3. The van der Waals surface area contributed by atoms with Crippen LogP contribution >= 0.6 is 0 Å². The molecule has 0 radical (unpaired) electrons. The zero-order valence-electron chi connectivity index (χ0n) is 14.3. The maximum atomic E-state index is 12.9. The van der Waals surface area contributed by atoms with Gasteiger partial charge in [-0.05, 0) is 31.0 Å². The molecule has 0 saturated heterocycles. The van der Waals surface area contributed by atoms with Crippen LogP contribution in [0.15, 0.2) is 71.8 Å². The summed E-state index contributed by atoms with van der Waals surface area (Å²) in [4.78, 5) is 12.9. The van der Waals surface area contributed by atoms with E-state index in [9.17, 15) is 4.79 Å². The van der Waals surface area contributed by atoms with E-state index in [4.69, 9.17) is 0 Å². The van der Waals surface area contributed by atoms with Gasteiger partial charge in [0.15, 0.2) is 0 Å². The van der Waals surface area contributed by atoms with Gasteiger partial charge in [0.1, 0.15) is 5.52 Å². The molecular formula is C21H19N3O. The topological polar surface area (TPSA) is 39.3 Å². The van der Waals surface area contributed by atoms with Crippen molar-refractivity contribution >= 4 is 5.52 Å². The lowest BCUT2D eigenvalue weighted by Crippen LogP contribution is -2.22. The summed E-state index contributed by atoms with van der Waals surface area (Å²) in [5.74, 6) is 0. The van der Waals surface area contributed by atoms with E-state index >= 15 is 0 Å². The Morgan fingerprint density at radius 3 is 2.56 bits per heavy atom. The number of aryl methyl sites for hydroxylation is 2. The van der Waals surface area contributed by atoms with Crippen molar-refractivity contribution in [1.82, 2.24) is 14.2 Å². The molecule has 0 atom stereocenters. The third-order valence-corrected chi connectivity index (χ3v) is 4.52. The van der Waals surface area contributed by atoms with E-state index < -0.39 is 0 Å². The van der Waals surface area contributed by atoms with Crippen molar-refractivity contribution in [1.29, 1.82) is 0 Å². The van der Waals surface area contributed by atoms with E-state index in [1.165, 1.54) is 11.1 Å². The Kier molecular flexibility index (Phi) is 3.73. The fourth-order valence-corrected chi connectivity index (χ4v) is 3.05. The maximum Gasteiger partial charge on any atom is 0.276 e. The van der Waals surface area contributed by atoms with Crippen LogP contribution in [0.2, 0.25) is 0 Å². The first-order valence-corrected chi connectivity index (χ1v) is 8.32. The van der Waals surface area contributed by atoms with Crippen molar-refractivity contribution in [2.24, 2.45) is 0 Å². The average Bonchev–Trinajstić information content (AvgIpc) is 3.06. The van der Waals surface area contributed by atoms with E-state index in [1.54, 1.807) is 15.3 Å². The van der Waals surface area contributed by atoms with Gasteiger partial charge in [0.25, 0.3) is 5.56 Å². The highest BCUT2D eigenvalue weighted by Crippen LogP contribution is 2.18. The molecule has 0 aliphatic heterocycles. The van der Waals surface area contributed by atoms with E-state index in [-0.39, 0.29) is 5.56 Å². The Hall–Kier alpha value is -3.14.